The van der Waals surface area contributed by atoms with Crippen LogP contribution in [0.1, 0.15) is 45.4 Å². The number of aromatic nitrogens is 2. The second-order valence-electron chi connectivity index (χ2n) is 3.91. The maximum absolute atomic E-state index is 5.87. The van der Waals surface area contributed by atoms with E-state index in [1.807, 2.05) is 0 Å². The number of unbranched alkanes of at least 4 members (excludes halogenated alkanes) is 5. The molecule has 0 aliphatic rings. The van der Waals surface area contributed by atoms with Crippen LogP contribution in [0.4, 0.5) is 0 Å². The highest BCUT2D eigenvalue weighted by molar-refractivity contribution is 6.32. The maximum atomic E-state index is 5.87. The van der Waals surface area contributed by atoms with Crippen LogP contribution in [-0.4, -0.2) is 16.6 Å². The highest BCUT2D eigenvalue weighted by atomic mass is 35.5. The van der Waals surface area contributed by atoms with Gasteiger partial charge in [-0.1, -0.05) is 50.6 Å². The summed E-state index contributed by atoms with van der Waals surface area (Å²) in [5.41, 5.74) is 0. The molecule has 1 aromatic heterocycles. The minimum absolute atomic E-state index is 0.160. The Hall–Kier alpha value is -0.540. The average Bonchev–Trinajstić information content (AvgIpc) is 2.32. The van der Waals surface area contributed by atoms with E-state index in [4.69, 9.17) is 27.9 Å². The number of ether oxygens (including phenoxy) is 1. The minimum atomic E-state index is 0.160. The standard InChI is InChI=1S/C12H18Cl2N2O/c1-2-3-4-5-6-7-8-17-11-10(13)9-15-12(14)16-11/h9H,2-8H2,1H3. The van der Waals surface area contributed by atoms with Gasteiger partial charge in [-0.15, -0.1) is 0 Å². The first kappa shape index (κ1) is 14.5. The maximum Gasteiger partial charge on any atom is 0.237 e. The molecule has 17 heavy (non-hydrogen) atoms. The molecule has 1 aromatic rings. The zero-order chi connectivity index (χ0) is 12.5. The average molecular weight is 277 g/mol. The van der Waals surface area contributed by atoms with E-state index < -0.39 is 0 Å². The number of nitrogens with zero attached hydrogens (tertiary/aromatic N) is 2. The SMILES string of the molecule is CCCCCCCCOc1nc(Cl)ncc1Cl. The van der Waals surface area contributed by atoms with Gasteiger partial charge in [0.15, 0.2) is 0 Å². The van der Waals surface area contributed by atoms with Crippen LogP contribution in [0.5, 0.6) is 5.88 Å². The molecule has 0 unspecified atom stereocenters. The van der Waals surface area contributed by atoms with Crippen LogP contribution < -0.4 is 4.74 Å². The summed E-state index contributed by atoms with van der Waals surface area (Å²) in [5.74, 6) is 0.375. The summed E-state index contributed by atoms with van der Waals surface area (Å²) in [4.78, 5) is 7.68. The van der Waals surface area contributed by atoms with Crippen molar-refractivity contribution in [2.24, 2.45) is 0 Å². The van der Waals surface area contributed by atoms with E-state index in [1.165, 1.54) is 38.3 Å². The molecule has 5 heteroatoms. The molecule has 0 aliphatic heterocycles. The summed E-state index contributed by atoms with van der Waals surface area (Å²) in [7, 11) is 0. The molecule has 0 atom stereocenters. The Bertz CT molecular complexity index is 334. The Kier molecular flexibility index (Phi) is 7.29. The Morgan fingerprint density at radius 3 is 2.59 bits per heavy atom. The van der Waals surface area contributed by atoms with Crippen LogP contribution in [0.25, 0.3) is 0 Å². The Morgan fingerprint density at radius 2 is 1.82 bits per heavy atom. The molecule has 0 bridgehead atoms. The van der Waals surface area contributed by atoms with Crippen LogP contribution in [0, 0.1) is 0 Å². The molecule has 0 aliphatic carbocycles. The lowest BCUT2D eigenvalue weighted by Gasteiger charge is -2.06. The predicted octanol–water partition coefficient (Wildman–Crippen LogP) is 4.52. The van der Waals surface area contributed by atoms with Gasteiger partial charge < -0.3 is 4.74 Å². The first-order valence-electron chi connectivity index (χ1n) is 6.05. The quantitative estimate of drug-likeness (QED) is 0.517. The fourth-order valence-electron chi connectivity index (χ4n) is 1.48. The van der Waals surface area contributed by atoms with Crippen molar-refractivity contribution in [3.05, 3.63) is 16.5 Å². The van der Waals surface area contributed by atoms with Crippen molar-refractivity contribution in [1.82, 2.24) is 9.97 Å². The lowest BCUT2D eigenvalue weighted by atomic mass is 10.1. The lowest BCUT2D eigenvalue weighted by molar-refractivity contribution is 0.293. The van der Waals surface area contributed by atoms with Gasteiger partial charge in [0, 0.05) is 0 Å². The van der Waals surface area contributed by atoms with Gasteiger partial charge in [-0.25, -0.2) is 4.98 Å². The van der Waals surface area contributed by atoms with Crippen molar-refractivity contribution in [1.29, 1.82) is 0 Å². The van der Waals surface area contributed by atoms with Gasteiger partial charge in [0.25, 0.3) is 0 Å². The minimum Gasteiger partial charge on any atom is -0.477 e. The summed E-state index contributed by atoms with van der Waals surface area (Å²) in [6.07, 6.45) is 8.79. The second kappa shape index (κ2) is 8.54. The summed E-state index contributed by atoms with van der Waals surface area (Å²) in [6.45, 7) is 2.84. The number of halogens is 2. The molecule has 0 spiro atoms. The smallest absolute Gasteiger partial charge is 0.237 e. The van der Waals surface area contributed by atoms with E-state index >= 15 is 0 Å². The third kappa shape index (κ3) is 6.08. The van der Waals surface area contributed by atoms with Crippen molar-refractivity contribution in [3.8, 4) is 5.88 Å². The van der Waals surface area contributed by atoms with E-state index in [-0.39, 0.29) is 5.28 Å². The highest BCUT2D eigenvalue weighted by Gasteiger charge is 2.04. The third-order valence-corrected chi connectivity index (χ3v) is 2.86. The zero-order valence-electron chi connectivity index (χ0n) is 10.1. The van der Waals surface area contributed by atoms with Gasteiger partial charge in [-0.3, -0.25) is 0 Å². The first-order valence-corrected chi connectivity index (χ1v) is 6.80. The third-order valence-electron chi connectivity index (χ3n) is 2.42. The highest BCUT2D eigenvalue weighted by Crippen LogP contribution is 2.22. The fraction of sp³-hybridized carbons (Fsp3) is 0.667. The van der Waals surface area contributed by atoms with E-state index in [9.17, 15) is 0 Å². The van der Waals surface area contributed by atoms with Crippen molar-refractivity contribution < 1.29 is 4.74 Å². The molecule has 0 saturated heterocycles. The fourth-order valence-corrected chi connectivity index (χ4v) is 1.75. The Labute approximate surface area is 113 Å². The van der Waals surface area contributed by atoms with E-state index in [2.05, 4.69) is 16.9 Å². The Balaban J connectivity index is 2.15. The van der Waals surface area contributed by atoms with Gasteiger partial charge in [0.05, 0.1) is 12.8 Å². The first-order chi connectivity index (χ1) is 8.24. The van der Waals surface area contributed by atoms with Gasteiger partial charge in [-0.05, 0) is 18.0 Å². The van der Waals surface area contributed by atoms with Crippen molar-refractivity contribution in [2.75, 3.05) is 6.61 Å². The summed E-state index contributed by atoms with van der Waals surface area (Å²) in [5, 5.41) is 0.563. The van der Waals surface area contributed by atoms with Gasteiger partial charge in [0.2, 0.25) is 11.2 Å². The number of hydrogen-bond acceptors (Lipinski definition) is 3. The van der Waals surface area contributed by atoms with Gasteiger partial charge >= 0.3 is 0 Å². The van der Waals surface area contributed by atoms with Crippen molar-refractivity contribution >= 4 is 23.2 Å². The topological polar surface area (TPSA) is 35.0 Å². The number of hydrogen-bond donors (Lipinski definition) is 0. The van der Waals surface area contributed by atoms with E-state index in [0.29, 0.717) is 17.5 Å². The molecule has 0 N–H and O–H groups in total. The van der Waals surface area contributed by atoms with E-state index in [1.54, 1.807) is 0 Å². The van der Waals surface area contributed by atoms with Crippen molar-refractivity contribution in [2.45, 2.75) is 45.4 Å². The molecule has 0 amide bonds. The summed E-state index contributed by atoms with van der Waals surface area (Å²) in [6, 6.07) is 0. The molecule has 0 aromatic carbocycles. The molecule has 0 radical (unpaired) electrons. The van der Waals surface area contributed by atoms with Crippen LogP contribution in [0.2, 0.25) is 10.3 Å². The molecule has 96 valence electrons. The monoisotopic (exact) mass is 276 g/mol. The Morgan fingerprint density at radius 1 is 1.12 bits per heavy atom. The molecule has 1 heterocycles. The molecule has 0 saturated carbocycles. The molecular formula is C12H18Cl2N2O. The van der Waals surface area contributed by atoms with Crippen LogP contribution >= 0.6 is 23.2 Å². The van der Waals surface area contributed by atoms with Crippen molar-refractivity contribution in [3.63, 3.8) is 0 Å². The number of rotatable bonds is 8. The lowest BCUT2D eigenvalue weighted by Crippen LogP contribution is -2.00. The van der Waals surface area contributed by atoms with E-state index in [0.717, 1.165) is 6.42 Å². The molecule has 0 fully saturated rings. The predicted molar refractivity (Wildman–Crippen MR) is 70.9 cm³/mol. The second-order valence-corrected chi connectivity index (χ2v) is 4.65. The van der Waals surface area contributed by atoms with Gasteiger partial charge in [0.1, 0.15) is 5.02 Å². The largest absolute Gasteiger partial charge is 0.477 e. The summed E-state index contributed by atoms with van der Waals surface area (Å²) >= 11 is 11.5. The van der Waals surface area contributed by atoms with Gasteiger partial charge in [-0.2, -0.15) is 4.98 Å². The zero-order valence-corrected chi connectivity index (χ0v) is 11.6. The summed E-state index contributed by atoms with van der Waals surface area (Å²) < 4.78 is 5.46. The van der Waals surface area contributed by atoms with Crippen LogP contribution in [0.15, 0.2) is 6.20 Å². The molecule has 1 rings (SSSR count). The normalized spacial score (nSPS) is 10.5. The molecular weight excluding hydrogens is 259 g/mol. The van der Waals surface area contributed by atoms with Crippen LogP contribution in [0.3, 0.4) is 0 Å². The van der Waals surface area contributed by atoms with Crippen LogP contribution in [-0.2, 0) is 0 Å². The molecule has 3 nitrogen and oxygen atoms in total.